The van der Waals surface area contributed by atoms with Gasteiger partial charge in [-0.05, 0) is 42.3 Å². The minimum Gasteiger partial charge on any atom is -0.482 e. The first-order valence-electron chi connectivity index (χ1n) is 8.55. The molecule has 0 aliphatic heterocycles. The van der Waals surface area contributed by atoms with Gasteiger partial charge in [-0.1, -0.05) is 29.4 Å². The first kappa shape index (κ1) is 21.3. The van der Waals surface area contributed by atoms with Crippen LogP contribution >= 0.6 is 0 Å². The van der Waals surface area contributed by atoms with Crippen molar-refractivity contribution < 1.29 is 32.3 Å². The third-order valence-corrected chi connectivity index (χ3v) is 3.57. The molecule has 0 radical (unpaired) electrons. The van der Waals surface area contributed by atoms with Gasteiger partial charge in [-0.3, -0.25) is 0 Å². The second kappa shape index (κ2) is 10.3. The molecule has 0 aliphatic rings. The molecule has 0 aromatic heterocycles. The summed E-state index contributed by atoms with van der Waals surface area (Å²) < 4.78 is 47.5. The van der Waals surface area contributed by atoms with E-state index in [2.05, 4.69) is 5.16 Å². The number of halogens is 3. The molecule has 150 valence electrons. The second-order valence-electron chi connectivity index (χ2n) is 5.70. The van der Waals surface area contributed by atoms with E-state index in [9.17, 15) is 18.0 Å². The number of oxime groups is 1. The van der Waals surface area contributed by atoms with Crippen LogP contribution in [0.1, 0.15) is 23.6 Å². The van der Waals surface area contributed by atoms with Crippen LogP contribution in [0.25, 0.3) is 0 Å². The van der Waals surface area contributed by atoms with Crippen molar-refractivity contribution in [1.29, 1.82) is 0 Å². The minimum absolute atomic E-state index is 0.0786. The van der Waals surface area contributed by atoms with Gasteiger partial charge in [0, 0.05) is 12.6 Å². The lowest BCUT2D eigenvalue weighted by molar-refractivity contribution is -0.145. The standard InChI is InChI=1S/C20H20F3NO4/c1-2-26-19(25)14-27-18-9-5-15(6-10-18)11-12-24-28-13-16-3-7-17(8-4-16)20(21,22)23/h3-10,12H,2,11,13-14H2,1H3. The largest absolute Gasteiger partial charge is 0.482 e. The fourth-order valence-electron chi connectivity index (χ4n) is 2.16. The molecule has 2 aromatic carbocycles. The fraction of sp³-hybridized carbons (Fsp3) is 0.300. The van der Waals surface area contributed by atoms with Gasteiger partial charge in [0.2, 0.25) is 0 Å². The molecule has 0 spiro atoms. The molecule has 2 rings (SSSR count). The van der Waals surface area contributed by atoms with E-state index in [1.165, 1.54) is 12.1 Å². The predicted molar refractivity (Wildman–Crippen MR) is 97.0 cm³/mol. The van der Waals surface area contributed by atoms with Crippen LogP contribution in [-0.4, -0.2) is 25.4 Å². The van der Waals surface area contributed by atoms with E-state index in [1.54, 1.807) is 25.3 Å². The van der Waals surface area contributed by atoms with E-state index in [4.69, 9.17) is 14.3 Å². The van der Waals surface area contributed by atoms with Gasteiger partial charge in [0.15, 0.2) is 6.61 Å². The van der Waals surface area contributed by atoms with Crippen molar-refractivity contribution in [2.75, 3.05) is 13.2 Å². The molecule has 0 unspecified atom stereocenters. The van der Waals surface area contributed by atoms with Crippen LogP contribution in [0.3, 0.4) is 0 Å². The van der Waals surface area contributed by atoms with Crippen molar-refractivity contribution in [1.82, 2.24) is 0 Å². The summed E-state index contributed by atoms with van der Waals surface area (Å²) in [5.74, 6) is 0.121. The normalized spacial score (nSPS) is 11.4. The molecular formula is C20H20F3NO4. The molecule has 0 aliphatic carbocycles. The molecule has 28 heavy (non-hydrogen) atoms. The predicted octanol–water partition coefficient (Wildman–Crippen LogP) is 4.39. The zero-order valence-corrected chi connectivity index (χ0v) is 15.2. The highest BCUT2D eigenvalue weighted by atomic mass is 19.4. The molecular weight excluding hydrogens is 375 g/mol. The number of benzene rings is 2. The lowest BCUT2D eigenvalue weighted by atomic mass is 10.1. The Morgan fingerprint density at radius 3 is 2.29 bits per heavy atom. The zero-order valence-electron chi connectivity index (χ0n) is 15.2. The van der Waals surface area contributed by atoms with Crippen LogP contribution in [0.2, 0.25) is 0 Å². The minimum atomic E-state index is -4.35. The second-order valence-corrected chi connectivity index (χ2v) is 5.70. The Hall–Kier alpha value is -3.03. The summed E-state index contributed by atoms with van der Waals surface area (Å²) in [6, 6.07) is 11.8. The monoisotopic (exact) mass is 395 g/mol. The number of hydrogen-bond donors (Lipinski definition) is 0. The van der Waals surface area contributed by atoms with Crippen molar-refractivity contribution in [2.24, 2.45) is 5.16 Å². The average Bonchev–Trinajstić information content (AvgIpc) is 2.67. The Labute approximate surface area is 160 Å². The van der Waals surface area contributed by atoms with Crippen molar-refractivity contribution >= 4 is 12.2 Å². The molecule has 0 bridgehead atoms. The number of rotatable bonds is 9. The van der Waals surface area contributed by atoms with Crippen LogP contribution in [0.15, 0.2) is 53.7 Å². The molecule has 2 aromatic rings. The van der Waals surface area contributed by atoms with Gasteiger partial charge in [0.1, 0.15) is 12.4 Å². The summed E-state index contributed by atoms with van der Waals surface area (Å²) in [6.07, 6.45) is -2.29. The smallest absolute Gasteiger partial charge is 0.416 e. The molecule has 0 saturated heterocycles. The van der Waals surface area contributed by atoms with E-state index in [0.717, 1.165) is 17.7 Å². The zero-order chi connectivity index (χ0) is 20.4. The summed E-state index contributed by atoms with van der Waals surface area (Å²) in [5.41, 5.74) is 0.841. The highest BCUT2D eigenvalue weighted by Crippen LogP contribution is 2.29. The topological polar surface area (TPSA) is 57.1 Å². The maximum Gasteiger partial charge on any atom is 0.416 e. The van der Waals surface area contributed by atoms with Crippen LogP contribution in [0.4, 0.5) is 13.2 Å². The fourth-order valence-corrected chi connectivity index (χ4v) is 2.16. The summed E-state index contributed by atoms with van der Waals surface area (Å²) in [6.45, 7) is 1.96. The van der Waals surface area contributed by atoms with Gasteiger partial charge in [-0.25, -0.2) is 4.79 Å². The third-order valence-electron chi connectivity index (χ3n) is 3.57. The summed E-state index contributed by atoms with van der Waals surface area (Å²) in [7, 11) is 0. The molecule has 0 N–H and O–H groups in total. The van der Waals surface area contributed by atoms with Crippen molar-refractivity contribution in [3.8, 4) is 5.75 Å². The lowest BCUT2D eigenvalue weighted by Gasteiger charge is -2.07. The molecule has 0 saturated carbocycles. The molecule has 0 fully saturated rings. The molecule has 8 heteroatoms. The molecule has 0 amide bonds. The van der Waals surface area contributed by atoms with E-state index < -0.39 is 17.7 Å². The van der Waals surface area contributed by atoms with Gasteiger partial charge in [-0.2, -0.15) is 13.2 Å². The summed E-state index contributed by atoms with van der Waals surface area (Å²) >= 11 is 0. The Balaban J connectivity index is 1.72. The van der Waals surface area contributed by atoms with E-state index >= 15 is 0 Å². The van der Waals surface area contributed by atoms with Gasteiger partial charge in [0.25, 0.3) is 0 Å². The first-order valence-corrected chi connectivity index (χ1v) is 8.55. The maximum atomic E-state index is 12.5. The maximum absolute atomic E-state index is 12.5. The van der Waals surface area contributed by atoms with Crippen LogP contribution < -0.4 is 4.74 Å². The highest BCUT2D eigenvalue weighted by molar-refractivity contribution is 5.71. The van der Waals surface area contributed by atoms with E-state index in [-0.39, 0.29) is 13.2 Å². The Bertz CT molecular complexity index is 772. The number of alkyl halides is 3. The quantitative estimate of drug-likeness (QED) is 0.359. The highest BCUT2D eigenvalue weighted by Gasteiger charge is 2.29. The van der Waals surface area contributed by atoms with Crippen LogP contribution in [-0.2, 0) is 33.6 Å². The van der Waals surface area contributed by atoms with E-state index in [1.807, 2.05) is 12.1 Å². The molecule has 0 atom stereocenters. The number of nitrogens with zero attached hydrogens (tertiary/aromatic N) is 1. The number of hydrogen-bond acceptors (Lipinski definition) is 5. The van der Waals surface area contributed by atoms with Gasteiger partial charge in [0.05, 0.1) is 12.2 Å². The lowest BCUT2D eigenvalue weighted by Crippen LogP contribution is -2.14. The van der Waals surface area contributed by atoms with Crippen molar-refractivity contribution in [2.45, 2.75) is 26.1 Å². The average molecular weight is 395 g/mol. The summed E-state index contributed by atoms with van der Waals surface area (Å²) in [5, 5.41) is 3.80. The van der Waals surface area contributed by atoms with Gasteiger partial charge >= 0.3 is 12.1 Å². The third kappa shape index (κ3) is 7.30. The van der Waals surface area contributed by atoms with Crippen LogP contribution in [0, 0.1) is 0 Å². The number of ether oxygens (including phenoxy) is 2. The SMILES string of the molecule is CCOC(=O)COc1ccc(CC=NOCc2ccc(C(F)(F)F)cc2)cc1. The molecule has 0 heterocycles. The number of esters is 1. The van der Waals surface area contributed by atoms with Gasteiger partial charge in [-0.15, -0.1) is 0 Å². The number of carbonyl (C=O) groups is 1. The first-order chi connectivity index (χ1) is 13.4. The summed E-state index contributed by atoms with van der Waals surface area (Å²) in [4.78, 5) is 16.3. The molecule has 5 nitrogen and oxygen atoms in total. The Kier molecular flexibility index (Phi) is 7.86. The van der Waals surface area contributed by atoms with Crippen molar-refractivity contribution in [3.05, 3.63) is 65.2 Å². The van der Waals surface area contributed by atoms with Crippen molar-refractivity contribution in [3.63, 3.8) is 0 Å². The van der Waals surface area contributed by atoms with Crippen LogP contribution in [0.5, 0.6) is 5.75 Å². The Morgan fingerprint density at radius 1 is 1.04 bits per heavy atom. The van der Waals surface area contributed by atoms with Gasteiger partial charge < -0.3 is 14.3 Å². The van der Waals surface area contributed by atoms with E-state index in [0.29, 0.717) is 24.3 Å². The Morgan fingerprint density at radius 2 is 1.68 bits per heavy atom. The number of carbonyl (C=O) groups excluding carboxylic acids is 1.